The van der Waals surface area contributed by atoms with Crippen LogP contribution in [0.3, 0.4) is 0 Å². The molecule has 0 aliphatic carbocycles. The average Bonchev–Trinajstić information content (AvgIpc) is 2.88. The minimum absolute atomic E-state index is 0.141. The van der Waals surface area contributed by atoms with Gasteiger partial charge in [0, 0.05) is 18.8 Å². The van der Waals surface area contributed by atoms with Crippen molar-refractivity contribution >= 4 is 11.6 Å². The fourth-order valence-corrected chi connectivity index (χ4v) is 2.91. The zero-order chi connectivity index (χ0) is 14.5. The van der Waals surface area contributed by atoms with E-state index in [4.69, 9.17) is 5.73 Å². The van der Waals surface area contributed by atoms with Crippen LogP contribution in [0.5, 0.6) is 0 Å². The molecule has 0 saturated carbocycles. The predicted molar refractivity (Wildman–Crippen MR) is 82.7 cm³/mol. The number of hydrogen-bond acceptors (Lipinski definition) is 3. The molecule has 2 rings (SSSR count). The van der Waals surface area contributed by atoms with Gasteiger partial charge in [-0.1, -0.05) is 19.1 Å². The number of primary amides is 1. The lowest BCUT2D eigenvalue weighted by Crippen LogP contribution is -2.40. The quantitative estimate of drug-likeness (QED) is 0.780. The van der Waals surface area contributed by atoms with Crippen molar-refractivity contribution in [2.45, 2.75) is 45.7 Å². The van der Waals surface area contributed by atoms with E-state index in [1.165, 1.54) is 11.1 Å². The highest BCUT2D eigenvalue weighted by molar-refractivity contribution is 5.84. The Kier molecular flexibility index (Phi) is 5.01. The third-order valence-electron chi connectivity index (χ3n) is 3.91. The van der Waals surface area contributed by atoms with Gasteiger partial charge in [-0.25, -0.2) is 0 Å². The van der Waals surface area contributed by atoms with E-state index in [2.05, 4.69) is 42.3 Å². The summed E-state index contributed by atoms with van der Waals surface area (Å²) in [5.41, 5.74) is 9.14. The van der Waals surface area contributed by atoms with Gasteiger partial charge in [-0.3, -0.25) is 4.79 Å². The minimum atomic E-state index is -0.212. The number of amides is 1. The molecule has 1 atom stereocenters. The molecule has 1 saturated heterocycles. The number of carbonyl (C=O) groups excluding carboxylic acids is 1. The van der Waals surface area contributed by atoms with Crippen molar-refractivity contribution in [1.29, 1.82) is 0 Å². The van der Waals surface area contributed by atoms with E-state index < -0.39 is 0 Å². The van der Waals surface area contributed by atoms with Crippen molar-refractivity contribution in [2.24, 2.45) is 5.73 Å². The van der Waals surface area contributed by atoms with Crippen LogP contribution in [0.1, 0.15) is 37.3 Å². The van der Waals surface area contributed by atoms with Crippen molar-refractivity contribution in [1.82, 2.24) is 5.32 Å². The maximum absolute atomic E-state index is 11.5. The summed E-state index contributed by atoms with van der Waals surface area (Å²) in [5.74, 6) is -0.212. The molecule has 1 heterocycles. The largest absolute Gasteiger partial charge is 0.368 e. The van der Waals surface area contributed by atoms with E-state index in [0.717, 1.165) is 44.6 Å². The summed E-state index contributed by atoms with van der Waals surface area (Å²) < 4.78 is 0. The molecular formula is C16H25N3O. The van der Waals surface area contributed by atoms with Gasteiger partial charge < -0.3 is 16.0 Å². The highest BCUT2D eigenvalue weighted by atomic mass is 16.1. The van der Waals surface area contributed by atoms with E-state index >= 15 is 0 Å². The van der Waals surface area contributed by atoms with Crippen LogP contribution in [-0.2, 0) is 11.3 Å². The first kappa shape index (κ1) is 14.9. The van der Waals surface area contributed by atoms with Crippen LogP contribution in [0, 0.1) is 6.92 Å². The molecule has 3 N–H and O–H groups in total. The maximum Gasteiger partial charge on any atom is 0.240 e. The number of carbonyl (C=O) groups is 1. The topological polar surface area (TPSA) is 58.4 Å². The summed E-state index contributed by atoms with van der Waals surface area (Å²) >= 11 is 0. The Balaban J connectivity index is 2.11. The van der Waals surface area contributed by atoms with Crippen molar-refractivity contribution in [3.8, 4) is 0 Å². The normalized spacial score (nSPS) is 18.5. The molecule has 4 nitrogen and oxygen atoms in total. The molecule has 1 amide bonds. The third-order valence-corrected chi connectivity index (χ3v) is 3.91. The SMILES string of the molecule is CCCNCc1ccc(N2CCCC2C(N)=O)c(C)c1. The van der Waals surface area contributed by atoms with Crippen LogP contribution in [0.2, 0.25) is 0 Å². The molecule has 0 bridgehead atoms. The van der Waals surface area contributed by atoms with Crippen molar-refractivity contribution in [3.63, 3.8) is 0 Å². The smallest absolute Gasteiger partial charge is 0.240 e. The lowest BCUT2D eigenvalue weighted by atomic mass is 10.1. The molecule has 110 valence electrons. The van der Waals surface area contributed by atoms with E-state index in [-0.39, 0.29) is 11.9 Å². The Hall–Kier alpha value is -1.55. The summed E-state index contributed by atoms with van der Waals surface area (Å²) in [7, 11) is 0. The number of anilines is 1. The first-order valence-corrected chi connectivity index (χ1v) is 7.49. The average molecular weight is 275 g/mol. The molecule has 0 aromatic heterocycles. The second-order valence-corrected chi connectivity index (χ2v) is 5.55. The van der Waals surface area contributed by atoms with Gasteiger partial charge in [0.05, 0.1) is 0 Å². The Bertz CT molecular complexity index is 473. The zero-order valence-electron chi connectivity index (χ0n) is 12.5. The number of nitrogens with two attached hydrogens (primary N) is 1. The molecule has 20 heavy (non-hydrogen) atoms. The van der Waals surface area contributed by atoms with Crippen LogP contribution >= 0.6 is 0 Å². The monoisotopic (exact) mass is 275 g/mol. The van der Waals surface area contributed by atoms with Crippen molar-refractivity contribution in [3.05, 3.63) is 29.3 Å². The molecule has 1 aliphatic heterocycles. The van der Waals surface area contributed by atoms with Crippen molar-refractivity contribution in [2.75, 3.05) is 18.0 Å². The fraction of sp³-hybridized carbons (Fsp3) is 0.562. The standard InChI is InChI=1S/C16H25N3O/c1-3-8-18-11-13-6-7-14(12(2)10-13)19-9-4-5-15(19)16(17)20/h6-7,10,15,18H,3-5,8-9,11H2,1-2H3,(H2,17,20). The number of benzene rings is 1. The molecule has 1 aromatic rings. The number of aryl methyl sites for hydroxylation is 1. The van der Waals surface area contributed by atoms with Crippen LogP contribution in [-0.4, -0.2) is 25.0 Å². The minimum Gasteiger partial charge on any atom is -0.368 e. The van der Waals surface area contributed by atoms with Gasteiger partial charge in [0.1, 0.15) is 6.04 Å². The van der Waals surface area contributed by atoms with E-state index in [1.807, 2.05) is 0 Å². The van der Waals surface area contributed by atoms with Gasteiger partial charge in [0.25, 0.3) is 0 Å². The van der Waals surface area contributed by atoms with Gasteiger partial charge in [0.15, 0.2) is 0 Å². The molecule has 1 aromatic carbocycles. The molecule has 1 unspecified atom stereocenters. The Morgan fingerprint density at radius 1 is 1.50 bits per heavy atom. The lowest BCUT2D eigenvalue weighted by Gasteiger charge is -2.26. The van der Waals surface area contributed by atoms with Gasteiger partial charge in [-0.05, 0) is 49.9 Å². The highest BCUT2D eigenvalue weighted by Crippen LogP contribution is 2.29. The Morgan fingerprint density at radius 3 is 2.95 bits per heavy atom. The second-order valence-electron chi connectivity index (χ2n) is 5.55. The molecule has 0 spiro atoms. The summed E-state index contributed by atoms with van der Waals surface area (Å²) in [6.45, 7) is 7.13. The first-order valence-electron chi connectivity index (χ1n) is 7.49. The van der Waals surface area contributed by atoms with Crippen LogP contribution in [0.15, 0.2) is 18.2 Å². The van der Waals surface area contributed by atoms with Gasteiger partial charge in [-0.2, -0.15) is 0 Å². The van der Waals surface area contributed by atoms with Gasteiger partial charge in [-0.15, -0.1) is 0 Å². The second kappa shape index (κ2) is 6.75. The summed E-state index contributed by atoms with van der Waals surface area (Å²) in [6.07, 6.45) is 3.05. The van der Waals surface area contributed by atoms with Gasteiger partial charge >= 0.3 is 0 Å². The number of nitrogens with zero attached hydrogens (tertiary/aromatic N) is 1. The van der Waals surface area contributed by atoms with Crippen LogP contribution < -0.4 is 16.0 Å². The summed E-state index contributed by atoms with van der Waals surface area (Å²) in [6, 6.07) is 6.33. The summed E-state index contributed by atoms with van der Waals surface area (Å²) in [4.78, 5) is 13.7. The number of rotatable bonds is 6. The zero-order valence-corrected chi connectivity index (χ0v) is 12.5. The van der Waals surface area contributed by atoms with Crippen molar-refractivity contribution < 1.29 is 4.79 Å². The number of nitrogens with one attached hydrogen (secondary N) is 1. The molecule has 1 fully saturated rings. The predicted octanol–water partition coefficient (Wildman–Crippen LogP) is 1.95. The van der Waals surface area contributed by atoms with Crippen LogP contribution in [0.25, 0.3) is 0 Å². The van der Waals surface area contributed by atoms with E-state index in [1.54, 1.807) is 0 Å². The molecule has 4 heteroatoms. The van der Waals surface area contributed by atoms with Crippen LogP contribution in [0.4, 0.5) is 5.69 Å². The molecule has 1 aliphatic rings. The fourth-order valence-electron chi connectivity index (χ4n) is 2.91. The first-order chi connectivity index (χ1) is 9.63. The van der Waals surface area contributed by atoms with Gasteiger partial charge in [0.2, 0.25) is 5.91 Å². The van der Waals surface area contributed by atoms with E-state index in [9.17, 15) is 4.79 Å². The van der Waals surface area contributed by atoms with E-state index in [0.29, 0.717) is 0 Å². The molecular weight excluding hydrogens is 250 g/mol. The Morgan fingerprint density at radius 2 is 2.30 bits per heavy atom. The molecule has 0 radical (unpaired) electrons. The Labute approximate surface area is 121 Å². The highest BCUT2D eigenvalue weighted by Gasteiger charge is 2.29. The third kappa shape index (κ3) is 3.31. The lowest BCUT2D eigenvalue weighted by molar-refractivity contribution is -0.119. The number of hydrogen-bond donors (Lipinski definition) is 2. The maximum atomic E-state index is 11.5. The summed E-state index contributed by atoms with van der Waals surface area (Å²) in [5, 5.41) is 3.41.